The fourth-order valence-corrected chi connectivity index (χ4v) is 4.03. The monoisotopic (exact) mass is 616 g/mol. The van der Waals surface area contributed by atoms with E-state index in [0.29, 0.717) is 53.3 Å². The number of ether oxygens (including phenoxy) is 3. The summed E-state index contributed by atoms with van der Waals surface area (Å²) in [6.07, 6.45) is 1.51. The second-order valence-corrected chi connectivity index (χ2v) is 9.97. The van der Waals surface area contributed by atoms with Crippen LogP contribution in [0.1, 0.15) is 23.6 Å². The zero-order chi connectivity index (χ0) is 28.3. The first kappa shape index (κ1) is 28.8. The molecule has 0 saturated carbocycles. The summed E-state index contributed by atoms with van der Waals surface area (Å²) in [5.74, 6) is 1.23. The average molecular weight is 618 g/mol. The lowest BCUT2D eigenvalue weighted by atomic mass is 10.1. The van der Waals surface area contributed by atoms with Crippen LogP contribution in [0.25, 0.3) is 6.08 Å². The molecule has 0 heterocycles. The van der Waals surface area contributed by atoms with Crippen molar-refractivity contribution in [2.75, 3.05) is 11.9 Å². The van der Waals surface area contributed by atoms with Gasteiger partial charge in [0.2, 0.25) is 0 Å². The maximum atomic E-state index is 12.8. The van der Waals surface area contributed by atoms with Gasteiger partial charge in [-0.1, -0.05) is 57.9 Å². The predicted molar refractivity (Wildman–Crippen MR) is 161 cm³/mol. The summed E-state index contributed by atoms with van der Waals surface area (Å²) < 4.78 is 18.5. The second-order valence-electron chi connectivity index (χ2n) is 8.62. The summed E-state index contributed by atoms with van der Waals surface area (Å²) in [4.78, 5) is 12.8. The van der Waals surface area contributed by atoms with Crippen LogP contribution in [0, 0.1) is 11.3 Å². The highest BCUT2D eigenvalue weighted by atomic mass is 79.9. The number of rotatable bonds is 11. The van der Waals surface area contributed by atoms with Gasteiger partial charge in [-0.2, -0.15) is 5.26 Å². The molecule has 0 radical (unpaired) electrons. The summed E-state index contributed by atoms with van der Waals surface area (Å²) in [5.41, 5.74) is 3.13. The van der Waals surface area contributed by atoms with E-state index in [-0.39, 0.29) is 5.57 Å². The Bertz CT molecular complexity index is 1510. The van der Waals surface area contributed by atoms with Gasteiger partial charge in [0.05, 0.1) is 6.61 Å². The van der Waals surface area contributed by atoms with Crippen molar-refractivity contribution in [3.8, 4) is 23.3 Å². The largest absolute Gasteiger partial charge is 0.490 e. The highest BCUT2D eigenvalue weighted by Gasteiger charge is 2.12. The van der Waals surface area contributed by atoms with E-state index in [0.717, 1.165) is 15.6 Å². The number of hydrogen-bond donors (Lipinski definition) is 1. The van der Waals surface area contributed by atoms with Crippen molar-refractivity contribution in [2.45, 2.75) is 20.1 Å². The average Bonchev–Trinajstić information content (AvgIpc) is 2.97. The molecule has 4 rings (SSSR count). The zero-order valence-corrected chi connectivity index (χ0v) is 24.0. The molecule has 1 amide bonds. The van der Waals surface area contributed by atoms with E-state index in [9.17, 15) is 10.1 Å². The Hall–Kier alpha value is -4.25. The van der Waals surface area contributed by atoms with E-state index in [2.05, 4.69) is 21.2 Å². The number of nitriles is 1. The predicted octanol–water partition coefficient (Wildman–Crippen LogP) is 8.20. The van der Waals surface area contributed by atoms with Gasteiger partial charge in [0.15, 0.2) is 11.5 Å². The summed E-state index contributed by atoms with van der Waals surface area (Å²) in [6, 6.07) is 29.5. The molecule has 0 aromatic heterocycles. The Morgan fingerprint density at radius 2 is 1.52 bits per heavy atom. The molecular weight excluding hydrogens is 592 g/mol. The first-order valence-electron chi connectivity index (χ1n) is 12.5. The molecule has 0 fully saturated rings. The Labute approximate surface area is 246 Å². The van der Waals surface area contributed by atoms with Crippen LogP contribution < -0.4 is 19.5 Å². The Morgan fingerprint density at radius 3 is 2.17 bits per heavy atom. The van der Waals surface area contributed by atoms with Crippen molar-refractivity contribution in [3.05, 3.63) is 123 Å². The van der Waals surface area contributed by atoms with E-state index in [1.807, 2.05) is 61.5 Å². The minimum Gasteiger partial charge on any atom is -0.490 e. The second kappa shape index (κ2) is 14.2. The van der Waals surface area contributed by atoms with E-state index in [1.165, 1.54) is 6.08 Å². The lowest BCUT2D eigenvalue weighted by Gasteiger charge is -2.13. The van der Waals surface area contributed by atoms with Gasteiger partial charge in [-0.3, -0.25) is 4.79 Å². The fraction of sp³-hybridized carbons (Fsp3) is 0.125. The summed E-state index contributed by atoms with van der Waals surface area (Å²) in [7, 11) is 0. The maximum absolute atomic E-state index is 12.8. The SMILES string of the molecule is CCOc1cc(/C=C(\C#N)C(=O)Nc2ccc(OCc3ccc(Cl)cc3)cc2)ccc1OCc1ccc(Br)cc1. The van der Waals surface area contributed by atoms with Crippen molar-refractivity contribution in [3.63, 3.8) is 0 Å². The number of nitrogens with one attached hydrogen (secondary N) is 1. The van der Waals surface area contributed by atoms with E-state index in [4.69, 9.17) is 25.8 Å². The molecule has 0 unspecified atom stereocenters. The number of hydrogen-bond acceptors (Lipinski definition) is 5. The molecule has 0 saturated heterocycles. The molecule has 0 bridgehead atoms. The number of carbonyl (C=O) groups is 1. The molecule has 202 valence electrons. The van der Waals surface area contributed by atoms with Gasteiger partial charge in [-0.15, -0.1) is 0 Å². The van der Waals surface area contributed by atoms with Crippen LogP contribution >= 0.6 is 27.5 Å². The van der Waals surface area contributed by atoms with E-state index < -0.39 is 5.91 Å². The Morgan fingerprint density at radius 1 is 0.875 bits per heavy atom. The van der Waals surface area contributed by atoms with Crippen molar-refractivity contribution >= 4 is 45.2 Å². The van der Waals surface area contributed by atoms with E-state index >= 15 is 0 Å². The molecule has 4 aromatic rings. The Kier molecular flexibility index (Phi) is 10.2. The first-order valence-corrected chi connectivity index (χ1v) is 13.6. The number of carbonyl (C=O) groups excluding carboxylic acids is 1. The first-order chi connectivity index (χ1) is 19.4. The third-order valence-corrected chi connectivity index (χ3v) is 6.46. The smallest absolute Gasteiger partial charge is 0.266 e. The molecule has 1 N–H and O–H groups in total. The van der Waals surface area contributed by atoms with Crippen molar-refractivity contribution in [1.29, 1.82) is 5.26 Å². The van der Waals surface area contributed by atoms with Crippen LogP contribution in [0.4, 0.5) is 5.69 Å². The normalized spacial score (nSPS) is 10.9. The van der Waals surface area contributed by atoms with Gasteiger partial charge in [0.1, 0.15) is 30.6 Å². The molecule has 0 atom stereocenters. The summed E-state index contributed by atoms with van der Waals surface area (Å²) in [5, 5.41) is 13.1. The molecule has 4 aromatic carbocycles. The number of anilines is 1. The van der Waals surface area contributed by atoms with E-state index in [1.54, 1.807) is 42.5 Å². The molecule has 6 nitrogen and oxygen atoms in total. The molecule has 0 aliphatic heterocycles. The van der Waals surface area contributed by atoms with Crippen molar-refractivity contribution in [1.82, 2.24) is 0 Å². The summed E-state index contributed by atoms with van der Waals surface area (Å²) >= 11 is 9.34. The van der Waals surface area contributed by atoms with Crippen LogP contribution in [0.5, 0.6) is 17.2 Å². The van der Waals surface area contributed by atoms with Crippen molar-refractivity contribution < 1.29 is 19.0 Å². The van der Waals surface area contributed by atoms with Crippen LogP contribution in [0.15, 0.2) is 101 Å². The van der Waals surface area contributed by atoms with Gasteiger partial charge >= 0.3 is 0 Å². The summed E-state index contributed by atoms with van der Waals surface area (Å²) in [6.45, 7) is 3.08. The zero-order valence-electron chi connectivity index (χ0n) is 21.7. The van der Waals surface area contributed by atoms with Crippen LogP contribution in [-0.4, -0.2) is 12.5 Å². The number of halogens is 2. The quantitative estimate of drug-likeness (QED) is 0.136. The molecular formula is C32H26BrClN2O4. The minimum atomic E-state index is -0.522. The third kappa shape index (κ3) is 8.37. The molecule has 0 aliphatic rings. The number of nitrogens with zero attached hydrogens (tertiary/aromatic N) is 1. The Balaban J connectivity index is 1.39. The fourth-order valence-electron chi connectivity index (χ4n) is 3.64. The highest BCUT2D eigenvalue weighted by molar-refractivity contribution is 9.10. The molecule has 0 aliphatic carbocycles. The topological polar surface area (TPSA) is 80.6 Å². The van der Waals surface area contributed by atoms with Gasteiger partial charge in [0.25, 0.3) is 5.91 Å². The van der Waals surface area contributed by atoms with Gasteiger partial charge in [-0.05, 0) is 90.4 Å². The lowest BCUT2D eigenvalue weighted by Crippen LogP contribution is -2.13. The maximum Gasteiger partial charge on any atom is 0.266 e. The lowest BCUT2D eigenvalue weighted by molar-refractivity contribution is -0.112. The highest BCUT2D eigenvalue weighted by Crippen LogP contribution is 2.30. The standard InChI is InChI=1S/C32H26BrClN2O4/c1-2-38-31-18-24(7-16-30(31)40-21-22-3-8-26(33)9-4-22)17-25(19-35)32(37)36-28-12-14-29(15-13-28)39-20-23-5-10-27(34)11-6-23/h3-18H,2,20-21H2,1H3,(H,36,37)/b25-17+. The van der Waals surface area contributed by atoms with Gasteiger partial charge in [-0.25, -0.2) is 0 Å². The number of benzene rings is 4. The van der Waals surface area contributed by atoms with Crippen molar-refractivity contribution in [2.24, 2.45) is 0 Å². The third-order valence-electron chi connectivity index (χ3n) is 5.68. The van der Waals surface area contributed by atoms with Crippen LogP contribution in [0.2, 0.25) is 5.02 Å². The van der Waals surface area contributed by atoms with Crippen LogP contribution in [-0.2, 0) is 18.0 Å². The molecule has 0 spiro atoms. The van der Waals surface area contributed by atoms with Gasteiger partial charge < -0.3 is 19.5 Å². The molecule has 8 heteroatoms. The number of amides is 1. The van der Waals surface area contributed by atoms with Gasteiger partial charge in [0, 0.05) is 15.2 Å². The van der Waals surface area contributed by atoms with Crippen LogP contribution in [0.3, 0.4) is 0 Å². The minimum absolute atomic E-state index is 0.0472. The molecule has 40 heavy (non-hydrogen) atoms.